The summed E-state index contributed by atoms with van der Waals surface area (Å²) in [6, 6.07) is 5.59. The molecule has 1 aromatic carbocycles. The molecule has 2 aromatic rings. The first-order chi connectivity index (χ1) is 12.3. The van der Waals surface area contributed by atoms with Crippen molar-refractivity contribution in [3.05, 3.63) is 24.4 Å². The third-order valence-corrected chi connectivity index (χ3v) is 4.13. The third kappa shape index (κ3) is 3.39. The van der Waals surface area contributed by atoms with Crippen molar-refractivity contribution < 1.29 is 14.3 Å². The molecule has 1 saturated heterocycles. The number of rotatable bonds is 4. The number of hydrogen-bond donors (Lipinski definition) is 1. The average molecular weight is 342 g/mol. The van der Waals surface area contributed by atoms with E-state index in [9.17, 15) is 4.79 Å². The van der Waals surface area contributed by atoms with Crippen LogP contribution in [0.2, 0.25) is 0 Å². The maximum atomic E-state index is 10.8. The van der Waals surface area contributed by atoms with Crippen molar-refractivity contribution in [1.82, 2.24) is 20.1 Å². The van der Waals surface area contributed by atoms with E-state index in [0.717, 1.165) is 36.8 Å². The van der Waals surface area contributed by atoms with E-state index in [1.54, 1.807) is 11.1 Å². The van der Waals surface area contributed by atoms with E-state index in [-0.39, 0.29) is 0 Å². The lowest BCUT2D eigenvalue weighted by Crippen LogP contribution is -2.46. The Morgan fingerprint density at radius 3 is 2.68 bits per heavy atom. The predicted octanol–water partition coefficient (Wildman–Crippen LogP) is 0.665. The number of anilines is 3. The number of fused-ring (bicyclic) bond motifs is 1. The quantitative estimate of drug-likeness (QED) is 0.810. The second-order valence-corrected chi connectivity index (χ2v) is 5.75. The monoisotopic (exact) mass is 342 g/mol. The number of ether oxygens (including phenoxy) is 2. The van der Waals surface area contributed by atoms with Crippen LogP contribution in [0.4, 0.5) is 17.5 Å². The molecule has 1 fully saturated rings. The molecule has 0 bridgehead atoms. The van der Waals surface area contributed by atoms with Gasteiger partial charge in [0.05, 0.1) is 6.20 Å². The van der Waals surface area contributed by atoms with Crippen LogP contribution in [0, 0.1) is 0 Å². The van der Waals surface area contributed by atoms with Crippen molar-refractivity contribution in [2.24, 2.45) is 0 Å². The normalized spacial score (nSPS) is 16.5. The van der Waals surface area contributed by atoms with Crippen LogP contribution in [0.15, 0.2) is 24.4 Å². The van der Waals surface area contributed by atoms with Gasteiger partial charge in [0.15, 0.2) is 17.3 Å². The minimum atomic E-state index is 0.409. The molecule has 1 amide bonds. The molecule has 3 heterocycles. The van der Waals surface area contributed by atoms with Gasteiger partial charge in [-0.1, -0.05) is 0 Å². The van der Waals surface area contributed by atoms with E-state index in [0.29, 0.717) is 38.0 Å². The molecule has 0 saturated carbocycles. The Kier molecular flexibility index (Phi) is 4.19. The van der Waals surface area contributed by atoms with Crippen molar-refractivity contribution in [1.29, 1.82) is 0 Å². The Labute approximate surface area is 144 Å². The van der Waals surface area contributed by atoms with Gasteiger partial charge in [-0.05, 0) is 12.1 Å². The highest BCUT2D eigenvalue weighted by Crippen LogP contribution is 2.33. The van der Waals surface area contributed by atoms with Crippen LogP contribution in [0.5, 0.6) is 11.5 Å². The van der Waals surface area contributed by atoms with Crippen molar-refractivity contribution in [2.75, 3.05) is 49.6 Å². The molecule has 0 radical (unpaired) electrons. The molecule has 2 aliphatic rings. The molecule has 9 heteroatoms. The van der Waals surface area contributed by atoms with Crippen LogP contribution in [0.3, 0.4) is 0 Å². The van der Waals surface area contributed by atoms with Gasteiger partial charge in [-0.25, -0.2) is 0 Å². The van der Waals surface area contributed by atoms with Gasteiger partial charge in [0.25, 0.3) is 0 Å². The van der Waals surface area contributed by atoms with Gasteiger partial charge in [0.1, 0.15) is 13.2 Å². The minimum Gasteiger partial charge on any atom is -0.486 e. The summed E-state index contributed by atoms with van der Waals surface area (Å²) in [5.74, 6) is 2.58. The highest BCUT2D eigenvalue weighted by molar-refractivity contribution is 5.60. The Hall–Kier alpha value is -3.10. The zero-order valence-electron chi connectivity index (χ0n) is 13.6. The first kappa shape index (κ1) is 15.4. The van der Waals surface area contributed by atoms with Gasteiger partial charge in [-0.3, -0.25) is 4.79 Å². The van der Waals surface area contributed by atoms with Gasteiger partial charge in [0.2, 0.25) is 12.4 Å². The first-order valence-electron chi connectivity index (χ1n) is 8.12. The maximum absolute atomic E-state index is 10.8. The Balaban J connectivity index is 1.47. The molecule has 1 N–H and O–H groups in total. The summed E-state index contributed by atoms with van der Waals surface area (Å²) >= 11 is 0. The second-order valence-electron chi connectivity index (χ2n) is 5.75. The van der Waals surface area contributed by atoms with E-state index >= 15 is 0 Å². The Bertz CT molecular complexity index is 763. The Morgan fingerprint density at radius 1 is 1.08 bits per heavy atom. The number of nitrogens with one attached hydrogen (secondary N) is 1. The average Bonchev–Trinajstić information content (AvgIpc) is 2.68. The SMILES string of the molecule is O=CN1CCN(c2cnnc(Nc3ccc4c(c3)OCCO4)n2)CC1. The molecule has 4 rings (SSSR count). The first-order valence-corrected chi connectivity index (χ1v) is 8.12. The third-order valence-electron chi connectivity index (χ3n) is 4.13. The molecular weight excluding hydrogens is 324 g/mol. The van der Waals surface area contributed by atoms with Crippen LogP contribution in [0.1, 0.15) is 0 Å². The zero-order valence-corrected chi connectivity index (χ0v) is 13.6. The standard InChI is InChI=1S/C16H18N6O3/c23-11-21-3-5-22(6-4-21)15-10-17-20-16(19-15)18-12-1-2-13-14(9-12)25-8-7-24-13/h1-2,9-11H,3-8H2,(H,18,19,20). The summed E-state index contributed by atoms with van der Waals surface area (Å²) in [7, 11) is 0. The van der Waals surface area contributed by atoms with Gasteiger partial charge >= 0.3 is 0 Å². The highest BCUT2D eigenvalue weighted by Gasteiger charge is 2.18. The number of piperazine rings is 1. The topological polar surface area (TPSA) is 92.7 Å². The van der Waals surface area contributed by atoms with Gasteiger partial charge in [-0.2, -0.15) is 10.1 Å². The number of carbonyl (C=O) groups excluding carboxylic acids is 1. The van der Waals surface area contributed by atoms with Crippen LogP contribution in [-0.4, -0.2) is 65.9 Å². The molecule has 0 spiro atoms. The smallest absolute Gasteiger partial charge is 0.249 e. The lowest BCUT2D eigenvalue weighted by atomic mass is 10.2. The van der Waals surface area contributed by atoms with Gasteiger partial charge in [0, 0.05) is 37.9 Å². The molecule has 130 valence electrons. The maximum Gasteiger partial charge on any atom is 0.249 e. The minimum absolute atomic E-state index is 0.409. The molecule has 0 aliphatic carbocycles. The van der Waals surface area contributed by atoms with E-state index in [4.69, 9.17) is 9.47 Å². The molecule has 25 heavy (non-hydrogen) atoms. The van der Waals surface area contributed by atoms with E-state index < -0.39 is 0 Å². The molecular formula is C16H18N6O3. The Morgan fingerprint density at radius 2 is 1.88 bits per heavy atom. The number of benzene rings is 1. The zero-order chi connectivity index (χ0) is 17.1. The summed E-state index contributed by atoms with van der Waals surface area (Å²) in [5, 5.41) is 11.2. The highest BCUT2D eigenvalue weighted by atomic mass is 16.6. The van der Waals surface area contributed by atoms with Crippen LogP contribution in [0.25, 0.3) is 0 Å². The van der Waals surface area contributed by atoms with Crippen molar-refractivity contribution in [2.45, 2.75) is 0 Å². The van der Waals surface area contributed by atoms with Crippen molar-refractivity contribution in [3.8, 4) is 11.5 Å². The number of hydrogen-bond acceptors (Lipinski definition) is 8. The van der Waals surface area contributed by atoms with Crippen molar-refractivity contribution in [3.63, 3.8) is 0 Å². The fourth-order valence-corrected chi connectivity index (χ4v) is 2.81. The lowest BCUT2D eigenvalue weighted by molar-refractivity contribution is -0.118. The van der Waals surface area contributed by atoms with E-state index in [1.807, 2.05) is 18.2 Å². The van der Waals surface area contributed by atoms with Gasteiger partial charge in [-0.15, -0.1) is 5.10 Å². The summed E-state index contributed by atoms with van der Waals surface area (Å²) in [4.78, 5) is 19.2. The molecule has 1 aromatic heterocycles. The van der Waals surface area contributed by atoms with Crippen LogP contribution >= 0.6 is 0 Å². The largest absolute Gasteiger partial charge is 0.486 e. The van der Waals surface area contributed by atoms with Crippen LogP contribution in [-0.2, 0) is 4.79 Å². The summed E-state index contributed by atoms with van der Waals surface area (Å²) in [6.45, 7) is 3.90. The van der Waals surface area contributed by atoms with E-state index in [1.165, 1.54) is 0 Å². The lowest BCUT2D eigenvalue weighted by Gasteiger charge is -2.33. The molecule has 9 nitrogen and oxygen atoms in total. The second kappa shape index (κ2) is 6.80. The summed E-state index contributed by atoms with van der Waals surface area (Å²) in [5.41, 5.74) is 0.800. The number of nitrogens with zero attached hydrogens (tertiary/aromatic N) is 5. The molecule has 0 atom stereocenters. The fourth-order valence-electron chi connectivity index (χ4n) is 2.81. The molecule has 0 unspecified atom stereocenters. The summed E-state index contributed by atoms with van der Waals surface area (Å²) < 4.78 is 11.1. The van der Waals surface area contributed by atoms with Gasteiger partial charge < -0.3 is 24.6 Å². The molecule has 2 aliphatic heterocycles. The number of amides is 1. The predicted molar refractivity (Wildman–Crippen MR) is 90.4 cm³/mol. The fraction of sp³-hybridized carbons (Fsp3) is 0.375. The van der Waals surface area contributed by atoms with E-state index in [2.05, 4.69) is 25.4 Å². The summed E-state index contributed by atoms with van der Waals surface area (Å²) in [6.07, 6.45) is 2.51. The number of carbonyl (C=O) groups is 1. The number of aromatic nitrogens is 3. The van der Waals surface area contributed by atoms with Crippen molar-refractivity contribution >= 4 is 23.9 Å². The van der Waals surface area contributed by atoms with Crippen LogP contribution < -0.4 is 19.7 Å².